The van der Waals surface area contributed by atoms with Crippen LogP contribution in [0.5, 0.6) is 0 Å². The second-order valence-electron chi connectivity index (χ2n) is 6.97. The number of aromatic nitrogens is 4. The maximum atomic E-state index is 13.4. The first kappa shape index (κ1) is 22.0. The third-order valence-corrected chi connectivity index (χ3v) is 6.03. The molecule has 0 spiro atoms. The Kier molecular flexibility index (Phi) is 5.84. The molecule has 0 aliphatic heterocycles. The van der Waals surface area contributed by atoms with Gasteiger partial charge in [0.05, 0.1) is 10.6 Å². The fraction of sp³-hybridized carbons (Fsp3) is 0.0476. The van der Waals surface area contributed by atoms with Gasteiger partial charge in [-0.1, -0.05) is 0 Å². The molecule has 9 nitrogen and oxygen atoms in total. The van der Waals surface area contributed by atoms with Crippen LogP contribution in [0.25, 0.3) is 5.69 Å². The lowest BCUT2D eigenvalue weighted by molar-refractivity contribution is 0.102. The minimum Gasteiger partial charge on any atom is -0.322 e. The fourth-order valence-electron chi connectivity index (χ4n) is 3.01. The predicted molar refractivity (Wildman–Crippen MR) is 115 cm³/mol. The molecule has 0 radical (unpaired) electrons. The zero-order valence-corrected chi connectivity index (χ0v) is 17.8. The number of hydrogen-bond acceptors (Lipinski definition) is 6. The average molecular weight is 470 g/mol. The van der Waals surface area contributed by atoms with E-state index in [2.05, 4.69) is 25.6 Å². The molecular weight excluding hydrogens is 454 g/mol. The molecule has 0 unspecified atom stereocenters. The van der Waals surface area contributed by atoms with E-state index in [0.29, 0.717) is 17.3 Å². The Hall–Kier alpha value is -4.19. The zero-order chi connectivity index (χ0) is 23.6. The molecule has 0 bridgehead atoms. The lowest BCUT2D eigenvalue weighted by Gasteiger charge is -2.11. The van der Waals surface area contributed by atoms with Gasteiger partial charge in [0.25, 0.3) is 15.9 Å². The van der Waals surface area contributed by atoms with Crippen LogP contribution in [-0.4, -0.2) is 34.5 Å². The molecule has 168 valence electrons. The molecule has 12 heteroatoms. The number of rotatable bonds is 6. The summed E-state index contributed by atoms with van der Waals surface area (Å²) in [6.07, 6.45) is 1.45. The highest BCUT2D eigenvalue weighted by Gasteiger charge is 2.17. The number of amides is 1. The fourth-order valence-corrected chi connectivity index (χ4v) is 4.08. The van der Waals surface area contributed by atoms with Crippen LogP contribution in [0, 0.1) is 18.6 Å². The molecule has 0 saturated carbocycles. The van der Waals surface area contributed by atoms with Crippen molar-refractivity contribution in [1.29, 1.82) is 0 Å². The summed E-state index contributed by atoms with van der Waals surface area (Å²) in [6, 6.07) is 13.2. The molecule has 0 atom stereocenters. The van der Waals surface area contributed by atoms with Crippen molar-refractivity contribution in [3.8, 4) is 5.69 Å². The number of tetrazole rings is 1. The summed E-state index contributed by atoms with van der Waals surface area (Å²) < 4.78 is 54.9. The van der Waals surface area contributed by atoms with Crippen molar-refractivity contribution >= 4 is 27.3 Å². The molecule has 2 N–H and O–H groups in total. The first-order chi connectivity index (χ1) is 15.7. The molecule has 33 heavy (non-hydrogen) atoms. The number of halogens is 2. The second-order valence-corrected chi connectivity index (χ2v) is 8.65. The Morgan fingerprint density at radius 2 is 1.67 bits per heavy atom. The number of carbonyl (C=O) groups is 1. The SMILES string of the molecule is Cc1cc(C(=O)Nc2ccc(NS(=O)(=O)c3ccc(F)c(F)c3)cc2)ccc1-n1cnnn1. The third kappa shape index (κ3) is 4.85. The molecule has 0 aliphatic carbocycles. The molecule has 1 heterocycles. The molecule has 0 aliphatic rings. The van der Waals surface area contributed by atoms with Crippen LogP contribution in [0.1, 0.15) is 15.9 Å². The molecule has 1 amide bonds. The lowest BCUT2D eigenvalue weighted by Crippen LogP contribution is -2.14. The van der Waals surface area contributed by atoms with Crippen molar-refractivity contribution in [2.24, 2.45) is 0 Å². The molecule has 3 aromatic carbocycles. The minimum atomic E-state index is -4.12. The van der Waals surface area contributed by atoms with Gasteiger partial charge in [-0.25, -0.2) is 21.9 Å². The molecule has 4 aromatic rings. The second kappa shape index (κ2) is 8.74. The number of benzene rings is 3. The van der Waals surface area contributed by atoms with Crippen molar-refractivity contribution in [2.45, 2.75) is 11.8 Å². The number of hydrogen-bond donors (Lipinski definition) is 2. The highest BCUT2D eigenvalue weighted by Crippen LogP contribution is 2.21. The van der Waals surface area contributed by atoms with Crippen LogP contribution in [0.2, 0.25) is 0 Å². The monoisotopic (exact) mass is 470 g/mol. The summed E-state index contributed by atoms with van der Waals surface area (Å²) in [7, 11) is -4.12. The van der Waals surface area contributed by atoms with Gasteiger partial charge < -0.3 is 5.32 Å². The van der Waals surface area contributed by atoms with Crippen molar-refractivity contribution in [2.75, 3.05) is 10.0 Å². The summed E-state index contributed by atoms with van der Waals surface area (Å²) in [5.41, 5.74) is 2.54. The number of sulfonamides is 1. The van der Waals surface area contributed by atoms with Crippen LogP contribution < -0.4 is 10.0 Å². The van der Waals surface area contributed by atoms with Crippen molar-refractivity contribution in [1.82, 2.24) is 20.2 Å². The Labute approximate surface area is 187 Å². The van der Waals surface area contributed by atoms with Crippen molar-refractivity contribution in [3.63, 3.8) is 0 Å². The maximum Gasteiger partial charge on any atom is 0.261 e. The minimum absolute atomic E-state index is 0.180. The van der Waals surface area contributed by atoms with Gasteiger partial charge in [-0.05, 0) is 83.6 Å². The average Bonchev–Trinajstić information content (AvgIpc) is 3.31. The van der Waals surface area contributed by atoms with Gasteiger partial charge in [-0.2, -0.15) is 0 Å². The van der Waals surface area contributed by atoms with Gasteiger partial charge in [-0.3, -0.25) is 9.52 Å². The van der Waals surface area contributed by atoms with E-state index >= 15 is 0 Å². The van der Waals surface area contributed by atoms with Crippen LogP contribution in [0.15, 0.2) is 71.9 Å². The molecule has 0 saturated heterocycles. The van der Waals surface area contributed by atoms with E-state index in [1.54, 1.807) is 18.2 Å². The molecule has 4 rings (SSSR count). The maximum absolute atomic E-state index is 13.4. The highest BCUT2D eigenvalue weighted by atomic mass is 32.2. The summed E-state index contributed by atoms with van der Waals surface area (Å²) in [5, 5.41) is 13.7. The molecule has 1 aromatic heterocycles. The highest BCUT2D eigenvalue weighted by molar-refractivity contribution is 7.92. The van der Waals surface area contributed by atoms with Gasteiger partial charge in [0, 0.05) is 16.9 Å². The van der Waals surface area contributed by atoms with Crippen molar-refractivity contribution < 1.29 is 22.0 Å². The van der Waals surface area contributed by atoms with Gasteiger partial charge in [-0.15, -0.1) is 5.10 Å². The largest absolute Gasteiger partial charge is 0.322 e. The van der Waals surface area contributed by atoms with Crippen LogP contribution in [0.3, 0.4) is 0 Å². The Morgan fingerprint density at radius 3 is 2.30 bits per heavy atom. The predicted octanol–water partition coefficient (Wildman–Crippen LogP) is 3.30. The van der Waals surface area contributed by atoms with E-state index in [9.17, 15) is 22.0 Å². The smallest absolute Gasteiger partial charge is 0.261 e. The summed E-state index contributed by atoms with van der Waals surface area (Å²) >= 11 is 0. The van der Waals surface area contributed by atoms with Crippen LogP contribution in [0.4, 0.5) is 20.2 Å². The number of carbonyl (C=O) groups excluding carboxylic acids is 1. The Morgan fingerprint density at radius 1 is 0.939 bits per heavy atom. The van der Waals surface area contributed by atoms with Gasteiger partial charge in [0.1, 0.15) is 6.33 Å². The quantitative estimate of drug-likeness (QED) is 0.446. The van der Waals surface area contributed by atoms with Crippen LogP contribution in [-0.2, 0) is 10.0 Å². The number of nitrogens with zero attached hydrogens (tertiary/aromatic N) is 4. The van der Waals surface area contributed by atoms with Gasteiger partial charge >= 0.3 is 0 Å². The zero-order valence-electron chi connectivity index (χ0n) is 17.0. The van der Waals surface area contributed by atoms with E-state index < -0.39 is 26.6 Å². The molecule has 0 fully saturated rings. The number of nitrogens with one attached hydrogen (secondary N) is 2. The topological polar surface area (TPSA) is 119 Å². The summed E-state index contributed by atoms with van der Waals surface area (Å²) in [5.74, 6) is -2.78. The summed E-state index contributed by atoms with van der Waals surface area (Å²) in [6.45, 7) is 1.82. The van der Waals surface area contributed by atoms with Crippen LogP contribution >= 0.6 is 0 Å². The normalized spacial score (nSPS) is 11.2. The number of anilines is 2. The first-order valence-corrected chi connectivity index (χ1v) is 10.9. The van der Waals surface area contributed by atoms with E-state index in [1.807, 2.05) is 6.92 Å². The summed E-state index contributed by atoms with van der Waals surface area (Å²) in [4.78, 5) is 12.2. The van der Waals surface area contributed by atoms with E-state index in [0.717, 1.165) is 23.4 Å². The van der Waals surface area contributed by atoms with E-state index in [-0.39, 0.29) is 11.6 Å². The van der Waals surface area contributed by atoms with E-state index in [1.165, 1.54) is 35.3 Å². The first-order valence-electron chi connectivity index (χ1n) is 9.46. The van der Waals surface area contributed by atoms with E-state index in [4.69, 9.17) is 0 Å². The van der Waals surface area contributed by atoms with Gasteiger partial charge in [0.2, 0.25) is 0 Å². The number of aryl methyl sites for hydroxylation is 1. The van der Waals surface area contributed by atoms with Crippen molar-refractivity contribution in [3.05, 3.63) is 89.8 Å². The Balaban J connectivity index is 1.44. The lowest BCUT2D eigenvalue weighted by atomic mass is 10.1. The third-order valence-electron chi connectivity index (χ3n) is 4.65. The Bertz CT molecular complexity index is 1430. The van der Waals surface area contributed by atoms with Gasteiger partial charge in [0.15, 0.2) is 11.6 Å². The standard InChI is InChI=1S/C21H16F2N6O3S/c1-13-10-14(2-9-20(13)29-12-24-27-28-29)21(30)25-15-3-5-16(6-4-15)26-33(31,32)17-7-8-18(22)19(23)11-17/h2-12,26H,1H3,(H,25,30). The molecular formula is C21H16F2N6O3S.